The number of anilines is 1. The topological polar surface area (TPSA) is 92.9 Å². The number of hydrogen-bond donors (Lipinski definition) is 2. The molecule has 2 heterocycles. The number of hydrogen-bond acceptors (Lipinski definition) is 5. The fraction of sp³-hybridized carbons (Fsp3) is 0.429. The van der Waals surface area contributed by atoms with E-state index in [1.807, 2.05) is 11.5 Å². The number of rotatable bonds is 5. The molecule has 21 heavy (non-hydrogen) atoms. The van der Waals surface area contributed by atoms with Gasteiger partial charge in [0, 0.05) is 12.2 Å². The average molecular weight is 287 g/mol. The molecule has 7 nitrogen and oxygen atoms in total. The summed E-state index contributed by atoms with van der Waals surface area (Å²) in [4.78, 5) is 15.9. The minimum Gasteiger partial charge on any atom is -0.478 e. The summed E-state index contributed by atoms with van der Waals surface area (Å²) >= 11 is 0. The van der Waals surface area contributed by atoms with E-state index < -0.39 is 5.97 Å². The van der Waals surface area contributed by atoms with Crippen molar-refractivity contribution in [1.82, 2.24) is 19.7 Å². The van der Waals surface area contributed by atoms with Crippen molar-refractivity contribution in [3.8, 4) is 0 Å². The van der Waals surface area contributed by atoms with Crippen LogP contribution in [0.2, 0.25) is 0 Å². The first kappa shape index (κ1) is 13.5. The third-order valence-electron chi connectivity index (χ3n) is 3.73. The quantitative estimate of drug-likeness (QED) is 0.865. The van der Waals surface area contributed by atoms with Crippen LogP contribution < -0.4 is 5.32 Å². The predicted molar refractivity (Wildman–Crippen MR) is 76.2 cm³/mol. The van der Waals surface area contributed by atoms with Crippen molar-refractivity contribution in [1.29, 1.82) is 0 Å². The van der Waals surface area contributed by atoms with E-state index in [9.17, 15) is 9.90 Å². The number of carboxylic acids is 1. The third-order valence-corrected chi connectivity index (χ3v) is 3.73. The Kier molecular flexibility index (Phi) is 3.55. The molecular formula is C14H17N5O2. The fourth-order valence-corrected chi connectivity index (χ4v) is 2.61. The van der Waals surface area contributed by atoms with E-state index in [1.165, 1.54) is 0 Å². The van der Waals surface area contributed by atoms with Gasteiger partial charge in [-0.25, -0.2) is 9.78 Å². The Balaban J connectivity index is 1.86. The molecule has 2 aromatic heterocycles. The van der Waals surface area contributed by atoms with Crippen LogP contribution in [-0.2, 0) is 25.9 Å². The second-order valence-electron chi connectivity index (χ2n) is 5.04. The van der Waals surface area contributed by atoms with E-state index in [1.54, 1.807) is 12.4 Å². The largest absolute Gasteiger partial charge is 0.478 e. The zero-order valence-electron chi connectivity index (χ0n) is 11.8. The highest BCUT2D eigenvalue weighted by Gasteiger charge is 2.20. The van der Waals surface area contributed by atoms with Crippen LogP contribution in [0, 0.1) is 0 Å². The first-order valence-electron chi connectivity index (χ1n) is 7.05. The van der Waals surface area contributed by atoms with Crippen LogP contribution in [0.15, 0.2) is 12.4 Å². The van der Waals surface area contributed by atoms with E-state index >= 15 is 0 Å². The van der Waals surface area contributed by atoms with Gasteiger partial charge < -0.3 is 15.0 Å². The van der Waals surface area contributed by atoms with Crippen LogP contribution in [0.5, 0.6) is 0 Å². The Morgan fingerprint density at radius 2 is 2.33 bits per heavy atom. The number of nitrogens with one attached hydrogen (secondary N) is 1. The van der Waals surface area contributed by atoms with Crippen LogP contribution in [0.4, 0.5) is 5.82 Å². The van der Waals surface area contributed by atoms with Gasteiger partial charge in [-0.2, -0.15) is 0 Å². The molecule has 0 spiro atoms. The molecule has 1 aliphatic carbocycles. The molecule has 0 saturated carbocycles. The molecule has 0 bridgehead atoms. The SMILES string of the molecule is CCn1cnnc1CNc1nc2c(cc1C(=O)O)CCC2. The van der Waals surface area contributed by atoms with Crippen LogP contribution in [0.1, 0.15) is 40.8 Å². The lowest BCUT2D eigenvalue weighted by atomic mass is 10.1. The summed E-state index contributed by atoms with van der Waals surface area (Å²) in [7, 11) is 0. The van der Waals surface area contributed by atoms with E-state index in [0.29, 0.717) is 12.4 Å². The number of nitrogens with zero attached hydrogens (tertiary/aromatic N) is 4. The Morgan fingerprint density at radius 1 is 1.48 bits per heavy atom. The number of fused-ring (bicyclic) bond motifs is 1. The highest BCUT2D eigenvalue weighted by molar-refractivity contribution is 5.93. The van der Waals surface area contributed by atoms with Gasteiger partial charge in [0.25, 0.3) is 0 Å². The molecule has 0 aliphatic heterocycles. The maximum Gasteiger partial charge on any atom is 0.339 e. The van der Waals surface area contributed by atoms with Crippen molar-refractivity contribution in [2.75, 3.05) is 5.32 Å². The predicted octanol–water partition coefficient (Wildman–Crippen LogP) is 1.49. The van der Waals surface area contributed by atoms with Gasteiger partial charge in [0.1, 0.15) is 17.7 Å². The lowest BCUT2D eigenvalue weighted by molar-refractivity contribution is 0.0697. The van der Waals surface area contributed by atoms with Crippen LogP contribution in [-0.4, -0.2) is 30.8 Å². The Bertz CT molecular complexity index is 680. The van der Waals surface area contributed by atoms with Crippen molar-refractivity contribution in [3.05, 3.63) is 35.0 Å². The second kappa shape index (κ2) is 5.51. The van der Waals surface area contributed by atoms with Gasteiger partial charge in [0.05, 0.1) is 6.54 Å². The van der Waals surface area contributed by atoms with E-state index in [-0.39, 0.29) is 5.56 Å². The van der Waals surface area contributed by atoms with Crippen LogP contribution >= 0.6 is 0 Å². The van der Waals surface area contributed by atoms with E-state index in [2.05, 4.69) is 20.5 Å². The lowest BCUT2D eigenvalue weighted by Gasteiger charge is -2.11. The maximum absolute atomic E-state index is 11.4. The summed E-state index contributed by atoms with van der Waals surface area (Å²) in [6, 6.07) is 1.74. The summed E-state index contributed by atoms with van der Waals surface area (Å²) in [5, 5.41) is 20.3. The first-order chi connectivity index (χ1) is 10.2. The summed E-state index contributed by atoms with van der Waals surface area (Å²) < 4.78 is 1.90. The van der Waals surface area contributed by atoms with Crippen molar-refractivity contribution in [2.45, 2.75) is 39.3 Å². The summed E-state index contributed by atoms with van der Waals surface area (Å²) in [5.41, 5.74) is 2.27. The monoisotopic (exact) mass is 287 g/mol. The van der Waals surface area contributed by atoms with E-state index in [0.717, 1.165) is 42.9 Å². The molecule has 0 amide bonds. The molecule has 3 rings (SSSR count). The molecule has 0 fully saturated rings. The number of aryl methyl sites for hydroxylation is 3. The number of carbonyl (C=O) groups is 1. The molecule has 0 aromatic carbocycles. The highest BCUT2D eigenvalue weighted by Crippen LogP contribution is 2.25. The first-order valence-corrected chi connectivity index (χ1v) is 7.05. The minimum absolute atomic E-state index is 0.221. The average Bonchev–Trinajstić information content (AvgIpc) is 3.11. The number of aromatic nitrogens is 4. The van der Waals surface area contributed by atoms with E-state index in [4.69, 9.17) is 0 Å². The molecule has 2 N–H and O–H groups in total. The van der Waals surface area contributed by atoms with Gasteiger partial charge in [0.15, 0.2) is 5.82 Å². The maximum atomic E-state index is 11.4. The second-order valence-corrected chi connectivity index (χ2v) is 5.04. The Morgan fingerprint density at radius 3 is 3.10 bits per heavy atom. The van der Waals surface area contributed by atoms with Crippen molar-refractivity contribution >= 4 is 11.8 Å². The van der Waals surface area contributed by atoms with Gasteiger partial charge in [-0.1, -0.05) is 0 Å². The number of aromatic carboxylic acids is 1. The van der Waals surface area contributed by atoms with Gasteiger partial charge in [-0.3, -0.25) is 0 Å². The Hall–Kier alpha value is -2.44. The van der Waals surface area contributed by atoms with Crippen molar-refractivity contribution in [2.24, 2.45) is 0 Å². The number of pyridine rings is 1. The van der Waals surface area contributed by atoms with Gasteiger partial charge in [-0.15, -0.1) is 10.2 Å². The molecule has 0 atom stereocenters. The van der Waals surface area contributed by atoms with Gasteiger partial charge >= 0.3 is 5.97 Å². The van der Waals surface area contributed by atoms with Crippen molar-refractivity contribution < 1.29 is 9.90 Å². The van der Waals surface area contributed by atoms with Crippen LogP contribution in [0.3, 0.4) is 0 Å². The van der Waals surface area contributed by atoms with Gasteiger partial charge in [0.2, 0.25) is 0 Å². The smallest absolute Gasteiger partial charge is 0.339 e. The standard InChI is InChI=1S/C14H17N5O2/c1-2-19-8-16-18-12(19)7-15-13-10(14(20)21)6-9-4-3-5-11(9)17-13/h6,8H,2-5,7H2,1H3,(H,15,17)(H,20,21). The normalized spacial score (nSPS) is 13.2. The molecule has 0 saturated heterocycles. The molecule has 7 heteroatoms. The molecule has 1 aliphatic rings. The summed E-state index contributed by atoms with van der Waals surface area (Å²) in [6.07, 6.45) is 4.52. The fourth-order valence-electron chi connectivity index (χ4n) is 2.61. The molecule has 2 aromatic rings. The minimum atomic E-state index is -0.961. The van der Waals surface area contributed by atoms with Crippen LogP contribution in [0.25, 0.3) is 0 Å². The highest BCUT2D eigenvalue weighted by atomic mass is 16.4. The van der Waals surface area contributed by atoms with Crippen molar-refractivity contribution in [3.63, 3.8) is 0 Å². The number of carboxylic acid groups (broad SMARTS) is 1. The molecular weight excluding hydrogens is 270 g/mol. The summed E-state index contributed by atoms with van der Waals surface area (Å²) in [5.74, 6) is 0.210. The Labute approximate surface area is 122 Å². The molecule has 0 radical (unpaired) electrons. The zero-order chi connectivity index (χ0) is 14.8. The molecule has 110 valence electrons. The summed E-state index contributed by atoms with van der Waals surface area (Å²) in [6.45, 7) is 3.18. The lowest BCUT2D eigenvalue weighted by Crippen LogP contribution is -2.13. The zero-order valence-corrected chi connectivity index (χ0v) is 11.8. The molecule has 0 unspecified atom stereocenters. The van der Waals surface area contributed by atoms with Gasteiger partial charge in [-0.05, 0) is 37.8 Å². The third kappa shape index (κ3) is 2.58.